The number of fused-ring (bicyclic) bond motifs is 2. The molecule has 0 unspecified atom stereocenters. The number of thiazole rings is 1. The monoisotopic (exact) mass is 423 g/mol. The summed E-state index contributed by atoms with van der Waals surface area (Å²) in [7, 11) is 3.19. The number of amides is 1. The Labute approximate surface area is 180 Å². The van der Waals surface area contributed by atoms with Crippen LogP contribution in [0.4, 0.5) is 0 Å². The molecule has 1 aliphatic heterocycles. The second kappa shape index (κ2) is 8.53. The van der Waals surface area contributed by atoms with Crippen LogP contribution in [0.1, 0.15) is 29.1 Å². The summed E-state index contributed by atoms with van der Waals surface area (Å²) < 4.78 is 6.12. The number of hydrogen-bond acceptors (Lipinski definition) is 6. The van der Waals surface area contributed by atoms with E-state index in [2.05, 4.69) is 4.98 Å². The highest BCUT2D eigenvalue weighted by Crippen LogP contribution is 2.29. The highest BCUT2D eigenvalue weighted by molar-refractivity contribution is 7.18. The lowest BCUT2D eigenvalue weighted by atomic mass is 9.94. The second-order valence-corrected chi connectivity index (χ2v) is 8.68. The van der Waals surface area contributed by atoms with E-state index >= 15 is 0 Å². The van der Waals surface area contributed by atoms with Gasteiger partial charge in [0.1, 0.15) is 11.0 Å². The van der Waals surface area contributed by atoms with Gasteiger partial charge in [0.15, 0.2) is 0 Å². The maximum atomic E-state index is 13.1. The summed E-state index contributed by atoms with van der Waals surface area (Å²) in [5.41, 5.74) is 3.23. The number of aromatic nitrogens is 1. The third-order valence-corrected chi connectivity index (χ3v) is 7.01. The number of esters is 1. The standard InChI is InChI=1S/C23H25N3O3S/c1-15(22-24-18-10-6-7-11-20(18)30-22)25(2)21(27)14-26-13-17-9-5-4-8-16(17)12-19(26)23(28)29-3/h4-11,15,19H,12-14H2,1-3H3/t15-,19+/m0/s1. The van der Waals surface area contributed by atoms with Gasteiger partial charge in [0.05, 0.1) is 29.9 Å². The van der Waals surface area contributed by atoms with E-state index in [9.17, 15) is 9.59 Å². The van der Waals surface area contributed by atoms with Crippen LogP contribution in [0, 0.1) is 0 Å². The van der Waals surface area contributed by atoms with Crippen LogP contribution in [-0.4, -0.2) is 53.4 Å². The van der Waals surface area contributed by atoms with E-state index in [1.165, 1.54) is 7.11 Å². The molecule has 0 radical (unpaired) electrons. The average Bonchev–Trinajstić information content (AvgIpc) is 3.21. The zero-order chi connectivity index (χ0) is 21.3. The third kappa shape index (κ3) is 3.95. The number of rotatable bonds is 5. The molecule has 1 amide bonds. The van der Waals surface area contributed by atoms with Gasteiger partial charge in [0.2, 0.25) is 5.91 Å². The smallest absolute Gasteiger partial charge is 0.323 e. The molecule has 2 aromatic carbocycles. The molecule has 0 bridgehead atoms. The first-order valence-corrected chi connectivity index (χ1v) is 10.8. The van der Waals surface area contributed by atoms with E-state index in [1.54, 1.807) is 23.3 Å². The molecule has 156 valence electrons. The number of carbonyl (C=O) groups is 2. The van der Waals surface area contributed by atoms with Gasteiger partial charge in [0.25, 0.3) is 0 Å². The first-order chi connectivity index (χ1) is 14.5. The summed E-state index contributed by atoms with van der Waals surface area (Å²) in [6, 6.07) is 15.4. The van der Waals surface area contributed by atoms with Crippen LogP contribution in [0.25, 0.3) is 10.2 Å². The quantitative estimate of drug-likeness (QED) is 0.589. The van der Waals surface area contributed by atoms with Gasteiger partial charge in [-0.05, 0) is 36.6 Å². The fourth-order valence-corrected chi connectivity index (χ4v) is 4.91. The Morgan fingerprint density at radius 1 is 1.20 bits per heavy atom. The van der Waals surface area contributed by atoms with Gasteiger partial charge in [-0.25, -0.2) is 4.98 Å². The lowest BCUT2D eigenvalue weighted by Crippen LogP contribution is -2.50. The molecule has 2 atom stereocenters. The SMILES string of the molecule is COC(=O)[C@H]1Cc2ccccc2CN1CC(=O)N(C)[C@@H](C)c1nc2ccccc2s1. The second-order valence-electron chi connectivity index (χ2n) is 7.62. The van der Waals surface area contributed by atoms with Gasteiger partial charge in [-0.2, -0.15) is 0 Å². The number of hydrogen-bond donors (Lipinski definition) is 0. The summed E-state index contributed by atoms with van der Waals surface area (Å²) in [4.78, 5) is 33.8. The van der Waals surface area contributed by atoms with Gasteiger partial charge in [-0.15, -0.1) is 11.3 Å². The minimum atomic E-state index is -0.458. The molecule has 0 saturated heterocycles. The Morgan fingerprint density at radius 2 is 1.90 bits per heavy atom. The van der Waals surface area contributed by atoms with Crippen LogP contribution in [0.3, 0.4) is 0 Å². The minimum absolute atomic E-state index is 0.0463. The van der Waals surface area contributed by atoms with Crippen molar-refractivity contribution in [3.63, 3.8) is 0 Å². The maximum absolute atomic E-state index is 13.1. The van der Waals surface area contributed by atoms with Crippen LogP contribution in [0.15, 0.2) is 48.5 Å². The molecule has 30 heavy (non-hydrogen) atoms. The Hall–Kier alpha value is -2.77. The Bertz CT molecular complexity index is 1050. The molecular formula is C23H25N3O3S. The fourth-order valence-electron chi connectivity index (χ4n) is 3.85. The summed E-state index contributed by atoms with van der Waals surface area (Å²) >= 11 is 1.60. The van der Waals surface area contributed by atoms with Gasteiger partial charge in [-0.1, -0.05) is 36.4 Å². The summed E-state index contributed by atoms with van der Waals surface area (Å²) in [5.74, 6) is -0.353. The maximum Gasteiger partial charge on any atom is 0.323 e. The average molecular weight is 424 g/mol. The highest BCUT2D eigenvalue weighted by atomic mass is 32.1. The molecule has 0 N–H and O–H groups in total. The number of methoxy groups -OCH3 is 1. The van der Waals surface area contributed by atoms with Crippen LogP contribution in [0.2, 0.25) is 0 Å². The lowest BCUT2D eigenvalue weighted by molar-refractivity contribution is -0.149. The normalized spacial score (nSPS) is 17.4. The third-order valence-electron chi connectivity index (χ3n) is 5.80. The number of ether oxygens (including phenoxy) is 1. The summed E-state index contributed by atoms with van der Waals surface area (Å²) in [6.07, 6.45) is 0.549. The van der Waals surface area contributed by atoms with Crippen molar-refractivity contribution in [1.29, 1.82) is 0 Å². The van der Waals surface area contributed by atoms with Crippen molar-refractivity contribution in [2.75, 3.05) is 20.7 Å². The van der Waals surface area contributed by atoms with E-state index in [-0.39, 0.29) is 24.5 Å². The van der Waals surface area contributed by atoms with Gasteiger partial charge < -0.3 is 9.64 Å². The fraction of sp³-hybridized carbons (Fsp3) is 0.348. The Morgan fingerprint density at radius 3 is 2.63 bits per heavy atom. The molecule has 4 rings (SSSR count). The van der Waals surface area contributed by atoms with Crippen molar-refractivity contribution < 1.29 is 14.3 Å². The largest absolute Gasteiger partial charge is 0.468 e. The number of carbonyl (C=O) groups excluding carboxylic acids is 2. The van der Waals surface area contributed by atoms with Crippen molar-refractivity contribution in [2.45, 2.75) is 32.0 Å². The predicted octanol–water partition coefficient (Wildman–Crippen LogP) is 3.42. The first kappa shape index (κ1) is 20.5. The molecule has 0 saturated carbocycles. The van der Waals surface area contributed by atoms with Crippen molar-refractivity contribution in [2.24, 2.45) is 0 Å². The molecule has 0 fully saturated rings. The molecule has 0 spiro atoms. The lowest BCUT2D eigenvalue weighted by Gasteiger charge is -2.36. The summed E-state index contributed by atoms with van der Waals surface area (Å²) in [6.45, 7) is 2.68. The van der Waals surface area contributed by atoms with Crippen molar-refractivity contribution in [1.82, 2.24) is 14.8 Å². The van der Waals surface area contributed by atoms with Gasteiger partial charge in [0, 0.05) is 13.6 Å². The molecule has 1 aromatic heterocycles. The zero-order valence-corrected chi connectivity index (χ0v) is 18.2. The van der Waals surface area contributed by atoms with E-state index in [0.717, 1.165) is 26.4 Å². The van der Waals surface area contributed by atoms with Crippen LogP contribution in [0.5, 0.6) is 0 Å². The van der Waals surface area contributed by atoms with E-state index in [1.807, 2.05) is 60.4 Å². The molecule has 1 aliphatic rings. The van der Waals surface area contributed by atoms with E-state index < -0.39 is 6.04 Å². The topological polar surface area (TPSA) is 62.7 Å². The first-order valence-electron chi connectivity index (χ1n) is 9.97. The van der Waals surface area contributed by atoms with Crippen LogP contribution in [-0.2, 0) is 27.3 Å². The number of likely N-dealkylation sites (N-methyl/N-ethyl adjacent to an activating group) is 1. The number of para-hydroxylation sites is 1. The van der Waals surface area contributed by atoms with Gasteiger partial charge >= 0.3 is 5.97 Å². The predicted molar refractivity (Wildman–Crippen MR) is 117 cm³/mol. The van der Waals surface area contributed by atoms with Gasteiger partial charge in [-0.3, -0.25) is 14.5 Å². The van der Waals surface area contributed by atoms with Crippen molar-refractivity contribution >= 4 is 33.4 Å². The number of nitrogens with zero attached hydrogens (tertiary/aromatic N) is 3. The van der Waals surface area contributed by atoms with Crippen LogP contribution >= 0.6 is 11.3 Å². The summed E-state index contributed by atoms with van der Waals surface area (Å²) in [5, 5.41) is 0.903. The molecular weight excluding hydrogens is 398 g/mol. The zero-order valence-electron chi connectivity index (χ0n) is 17.4. The Balaban J connectivity index is 1.51. The molecule has 2 heterocycles. The molecule has 7 heteroatoms. The molecule has 0 aliphatic carbocycles. The number of benzene rings is 2. The minimum Gasteiger partial charge on any atom is -0.468 e. The van der Waals surface area contributed by atoms with Crippen molar-refractivity contribution in [3.05, 3.63) is 64.7 Å². The van der Waals surface area contributed by atoms with E-state index in [0.29, 0.717) is 13.0 Å². The van der Waals surface area contributed by atoms with Crippen molar-refractivity contribution in [3.8, 4) is 0 Å². The van der Waals surface area contributed by atoms with Crippen LogP contribution < -0.4 is 0 Å². The molecule has 3 aromatic rings. The Kier molecular flexibility index (Phi) is 5.83. The molecule has 6 nitrogen and oxygen atoms in total. The van der Waals surface area contributed by atoms with E-state index in [4.69, 9.17) is 4.74 Å². The highest BCUT2D eigenvalue weighted by Gasteiger charge is 2.34.